The molecule has 0 bridgehead atoms. The lowest BCUT2D eigenvalue weighted by Gasteiger charge is -2.12. The van der Waals surface area contributed by atoms with Crippen molar-refractivity contribution in [2.75, 3.05) is 0 Å². The van der Waals surface area contributed by atoms with Crippen molar-refractivity contribution in [2.24, 2.45) is 5.41 Å². The van der Waals surface area contributed by atoms with Crippen LogP contribution in [0, 0.1) is 5.41 Å². The van der Waals surface area contributed by atoms with Gasteiger partial charge in [0, 0.05) is 23.2 Å². The molecule has 2 aromatic heterocycles. The van der Waals surface area contributed by atoms with Crippen LogP contribution in [0.15, 0.2) is 60.5 Å². The Morgan fingerprint density at radius 1 is 1.26 bits per heavy atom. The minimum Gasteiger partial charge on any atom is -0.346 e. The standard InChI is InChI=1S/C17H18N2/c1-17(2)8-3-5-13(7-9-17)11-14-12-19-16-15(14)6-4-10-18-16/h3-10,12H,11H2,1-2H3,(H,18,19). The second-order valence-corrected chi connectivity index (χ2v) is 5.65. The van der Waals surface area contributed by atoms with Gasteiger partial charge in [-0.3, -0.25) is 0 Å². The average molecular weight is 250 g/mol. The number of nitrogens with zero attached hydrogens (tertiary/aromatic N) is 1. The first kappa shape index (κ1) is 12.0. The molecule has 0 amide bonds. The normalized spacial score (nSPS) is 17.5. The second kappa shape index (κ2) is 4.54. The largest absolute Gasteiger partial charge is 0.346 e. The molecule has 2 heterocycles. The first-order chi connectivity index (χ1) is 9.14. The van der Waals surface area contributed by atoms with Gasteiger partial charge < -0.3 is 4.98 Å². The van der Waals surface area contributed by atoms with Gasteiger partial charge in [0.25, 0.3) is 0 Å². The van der Waals surface area contributed by atoms with Gasteiger partial charge in [-0.1, -0.05) is 44.2 Å². The molecule has 0 unspecified atom stereocenters. The fourth-order valence-electron chi connectivity index (χ4n) is 2.35. The second-order valence-electron chi connectivity index (χ2n) is 5.65. The summed E-state index contributed by atoms with van der Waals surface area (Å²) in [6.45, 7) is 4.43. The van der Waals surface area contributed by atoms with E-state index in [4.69, 9.17) is 0 Å². The van der Waals surface area contributed by atoms with Crippen molar-refractivity contribution in [3.05, 3.63) is 66.0 Å². The number of H-pyrrole nitrogens is 1. The number of aromatic nitrogens is 2. The molecule has 3 rings (SSSR count). The van der Waals surface area contributed by atoms with Crippen molar-refractivity contribution in [2.45, 2.75) is 20.3 Å². The van der Waals surface area contributed by atoms with Gasteiger partial charge in [-0.05, 0) is 29.7 Å². The maximum Gasteiger partial charge on any atom is 0.137 e. The van der Waals surface area contributed by atoms with Crippen LogP contribution in [0.4, 0.5) is 0 Å². The molecule has 96 valence electrons. The molecule has 0 aromatic carbocycles. The van der Waals surface area contributed by atoms with E-state index >= 15 is 0 Å². The Morgan fingerprint density at radius 3 is 3.05 bits per heavy atom. The van der Waals surface area contributed by atoms with Crippen LogP contribution in [0.25, 0.3) is 11.0 Å². The summed E-state index contributed by atoms with van der Waals surface area (Å²) >= 11 is 0. The van der Waals surface area contributed by atoms with Crippen LogP contribution in [0.5, 0.6) is 0 Å². The third-order valence-electron chi connectivity index (χ3n) is 3.49. The SMILES string of the molecule is CC1(C)C=CC=C(Cc2c[nH]c3ncccc23)C=C1. The molecule has 19 heavy (non-hydrogen) atoms. The number of nitrogens with one attached hydrogen (secondary N) is 1. The van der Waals surface area contributed by atoms with E-state index in [2.05, 4.69) is 66.5 Å². The summed E-state index contributed by atoms with van der Waals surface area (Å²) in [4.78, 5) is 7.56. The van der Waals surface area contributed by atoms with Gasteiger partial charge in [0.2, 0.25) is 0 Å². The van der Waals surface area contributed by atoms with E-state index in [0.29, 0.717) is 0 Å². The van der Waals surface area contributed by atoms with Crippen molar-refractivity contribution in [3.8, 4) is 0 Å². The number of allylic oxidation sites excluding steroid dienone is 6. The van der Waals surface area contributed by atoms with Crippen LogP contribution in [-0.4, -0.2) is 9.97 Å². The third-order valence-corrected chi connectivity index (χ3v) is 3.49. The molecule has 0 atom stereocenters. The first-order valence-electron chi connectivity index (χ1n) is 6.63. The van der Waals surface area contributed by atoms with Gasteiger partial charge in [0.1, 0.15) is 5.65 Å². The Morgan fingerprint density at radius 2 is 2.16 bits per heavy atom. The van der Waals surface area contributed by atoms with E-state index in [1.165, 1.54) is 16.5 Å². The summed E-state index contributed by atoms with van der Waals surface area (Å²) in [7, 11) is 0. The Hall–Kier alpha value is -2.09. The van der Waals surface area contributed by atoms with Crippen LogP contribution in [0.3, 0.4) is 0 Å². The molecule has 0 saturated carbocycles. The summed E-state index contributed by atoms with van der Waals surface area (Å²) < 4.78 is 0. The van der Waals surface area contributed by atoms with Crippen molar-refractivity contribution < 1.29 is 0 Å². The maximum atomic E-state index is 4.33. The van der Waals surface area contributed by atoms with Gasteiger partial charge in [0.05, 0.1) is 0 Å². The Bertz CT molecular complexity index is 684. The number of fused-ring (bicyclic) bond motifs is 1. The summed E-state index contributed by atoms with van der Waals surface area (Å²) in [6, 6.07) is 4.11. The van der Waals surface area contributed by atoms with Crippen LogP contribution in [0.1, 0.15) is 19.4 Å². The quantitative estimate of drug-likeness (QED) is 0.850. The predicted molar refractivity (Wildman–Crippen MR) is 79.9 cm³/mol. The molecule has 2 nitrogen and oxygen atoms in total. The summed E-state index contributed by atoms with van der Waals surface area (Å²) in [5.74, 6) is 0. The summed E-state index contributed by atoms with van der Waals surface area (Å²) in [6.07, 6.45) is 15.9. The minimum absolute atomic E-state index is 0.139. The minimum atomic E-state index is 0.139. The fourth-order valence-corrected chi connectivity index (χ4v) is 2.35. The van der Waals surface area contributed by atoms with E-state index in [1.807, 2.05) is 12.3 Å². The third kappa shape index (κ3) is 2.53. The molecule has 2 heteroatoms. The van der Waals surface area contributed by atoms with Gasteiger partial charge in [-0.2, -0.15) is 0 Å². The smallest absolute Gasteiger partial charge is 0.137 e. The highest BCUT2D eigenvalue weighted by molar-refractivity contribution is 5.79. The Balaban J connectivity index is 1.90. The van der Waals surface area contributed by atoms with Crippen LogP contribution >= 0.6 is 0 Å². The molecule has 0 radical (unpaired) electrons. The lowest BCUT2D eigenvalue weighted by molar-refractivity contribution is 0.627. The van der Waals surface area contributed by atoms with E-state index in [1.54, 1.807) is 0 Å². The molecule has 0 spiro atoms. The van der Waals surface area contributed by atoms with E-state index < -0.39 is 0 Å². The van der Waals surface area contributed by atoms with Crippen molar-refractivity contribution >= 4 is 11.0 Å². The number of aromatic amines is 1. The number of rotatable bonds is 2. The highest BCUT2D eigenvalue weighted by Gasteiger charge is 2.11. The fraction of sp³-hybridized carbons (Fsp3) is 0.235. The Kier molecular flexibility index (Phi) is 2.86. The van der Waals surface area contributed by atoms with Crippen LogP contribution < -0.4 is 0 Å². The van der Waals surface area contributed by atoms with Gasteiger partial charge in [-0.25, -0.2) is 4.98 Å². The molecule has 2 aromatic rings. The van der Waals surface area contributed by atoms with Crippen LogP contribution in [-0.2, 0) is 6.42 Å². The van der Waals surface area contributed by atoms with Crippen molar-refractivity contribution in [3.63, 3.8) is 0 Å². The molecule has 0 aliphatic heterocycles. The molecular formula is C17H18N2. The van der Waals surface area contributed by atoms with E-state index in [0.717, 1.165) is 12.1 Å². The van der Waals surface area contributed by atoms with E-state index in [-0.39, 0.29) is 5.41 Å². The molecular weight excluding hydrogens is 232 g/mol. The lowest BCUT2D eigenvalue weighted by Crippen LogP contribution is -2.00. The topological polar surface area (TPSA) is 28.7 Å². The van der Waals surface area contributed by atoms with Gasteiger partial charge in [-0.15, -0.1) is 0 Å². The summed E-state index contributed by atoms with van der Waals surface area (Å²) in [5, 5.41) is 1.21. The molecule has 1 aliphatic carbocycles. The van der Waals surface area contributed by atoms with Crippen molar-refractivity contribution in [1.82, 2.24) is 9.97 Å². The summed E-state index contributed by atoms with van der Waals surface area (Å²) in [5.41, 5.74) is 3.73. The average Bonchev–Trinajstić information content (AvgIpc) is 2.70. The highest BCUT2D eigenvalue weighted by atomic mass is 14.8. The van der Waals surface area contributed by atoms with Gasteiger partial charge >= 0.3 is 0 Å². The number of pyridine rings is 1. The zero-order valence-corrected chi connectivity index (χ0v) is 11.4. The zero-order valence-electron chi connectivity index (χ0n) is 11.4. The Labute approximate surface area is 113 Å². The monoisotopic (exact) mass is 250 g/mol. The van der Waals surface area contributed by atoms with E-state index in [9.17, 15) is 0 Å². The van der Waals surface area contributed by atoms with Crippen molar-refractivity contribution in [1.29, 1.82) is 0 Å². The molecule has 0 saturated heterocycles. The number of hydrogen-bond acceptors (Lipinski definition) is 1. The van der Waals surface area contributed by atoms with Crippen LogP contribution in [0.2, 0.25) is 0 Å². The predicted octanol–water partition coefficient (Wildman–Crippen LogP) is 4.18. The molecule has 1 N–H and O–H groups in total. The zero-order chi connectivity index (χ0) is 13.3. The van der Waals surface area contributed by atoms with Gasteiger partial charge in [0.15, 0.2) is 0 Å². The highest BCUT2D eigenvalue weighted by Crippen LogP contribution is 2.25. The number of hydrogen-bond donors (Lipinski definition) is 1. The molecule has 0 fully saturated rings. The lowest BCUT2D eigenvalue weighted by atomic mass is 9.93. The first-order valence-corrected chi connectivity index (χ1v) is 6.63. The maximum absolute atomic E-state index is 4.33. The molecule has 1 aliphatic rings.